The SMILES string of the molecule is NC1CC(NC2CCc3ccccc32)C1. The van der Waals surface area contributed by atoms with E-state index in [1.165, 1.54) is 24.0 Å². The minimum atomic E-state index is 0.444. The van der Waals surface area contributed by atoms with Crippen LogP contribution in [0.2, 0.25) is 0 Å². The summed E-state index contributed by atoms with van der Waals surface area (Å²) < 4.78 is 0. The maximum atomic E-state index is 5.80. The van der Waals surface area contributed by atoms with Crippen LogP contribution in [0.3, 0.4) is 0 Å². The molecule has 1 saturated carbocycles. The van der Waals surface area contributed by atoms with Crippen molar-refractivity contribution in [2.75, 3.05) is 0 Å². The standard InChI is InChI=1S/C13H18N2/c14-10-7-11(8-10)15-13-6-5-9-3-1-2-4-12(9)13/h1-4,10-11,13,15H,5-8,14H2. The monoisotopic (exact) mass is 202 g/mol. The summed E-state index contributed by atoms with van der Waals surface area (Å²) in [4.78, 5) is 0. The summed E-state index contributed by atoms with van der Waals surface area (Å²) in [5, 5.41) is 3.72. The average Bonchev–Trinajstić information content (AvgIpc) is 2.60. The third-order valence-corrected chi connectivity index (χ3v) is 3.74. The highest BCUT2D eigenvalue weighted by Crippen LogP contribution is 2.33. The van der Waals surface area contributed by atoms with Gasteiger partial charge in [-0.25, -0.2) is 0 Å². The average molecular weight is 202 g/mol. The Morgan fingerprint density at radius 2 is 2.00 bits per heavy atom. The molecule has 0 saturated heterocycles. The second kappa shape index (κ2) is 3.62. The number of hydrogen-bond donors (Lipinski definition) is 2. The molecule has 3 rings (SSSR count). The lowest BCUT2D eigenvalue weighted by Gasteiger charge is -2.35. The quantitative estimate of drug-likeness (QED) is 0.767. The van der Waals surface area contributed by atoms with Crippen molar-refractivity contribution >= 4 is 0 Å². The third kappa shape index (κ3) is 1.68. The number of nitrogens with two attached hydrogens (primary N) is 1. The van der Waals surface area contributed by atoms with E-state index in [1.54, 1.807) is 0 Å². The molecule has 0 heterocycles. The molecule has 2 aliphatic carbocycles. The van der Waals surface area contributed by atoms with Crippen molar-refractivity contribution in [1.29, 1.82) is 0 Å². The number of rotatable bonds is 2. The van der Waals surface area contributed by atoms with Crippen LogP contribution in [0.5, 0.6) is 0 Å². The zero-order valence-corrected chi connectivity index (χ0v) is 8.95. The molecule has 2 nitrogen and oxygen atoms in total. The van der Waals surface area contributed by atoms with Crippen molar-refractivity contribution in [3.05, 3.63) is 35.4 Å². The number of benzene rings is 1. The van der Waals surface area contributed by atoms with Gasteiger partial charge in [-0.15, -0.1) is 0 Å². The molecule has 1 fully saturated rings. The van der Waals surface area contributed by atoms with Crippen LogP contribution in [0.25, 0.3) is 0 Å². The predicted molar refractivity (Wildman–Crippen MR) is 61.6 cm³/mol. The first-order chi connectivity index (χ1) is 7.33. The first-order valence-electron chi connectivity index (χ1n) is 5.92. The smallest absolute Gasteiger partial charge is 0.0328 e. The van der Waals surface area contributed by atoms with Crippen molar-refractivity contribution in [2.45, 2.75) is 43.8 Å². The molecule has 2 heteroatoms. The van der Waals surface area contributed by atoms with Gasteiger partial charge in [-0.2, -0.15) is 0 Å². The molecule has 0 spiro atoms. The van der Waals surface area contributed by atoms with E-state index in [2.05, 4.69) is 29.6 Å². The van der Waals surface area contributed by atoms with Crippen molar-refractivity contribution in [3.8, 4) is 0 Å². The molecular formula is C13H18N2. The lowest BCUT2D eigenvalue weighted by atomic mass is 9.87. The Morgan fingerprint density at radius 1 is 1.20 bits per heavy atom. The molecule has 1 atom stereocenters. The van der Waals surface area contributed by atoms with Crippen molar-refractivity contribution in [3.63, 3.8) is 0 Å². The lowest BCUT2D eigenvalue weighted by Crippen LogP contribution is -2.49. The molecule has 0 bridgehead atoms. The highest BCUT2D eigenvalue weighted by molar-refractivity contribution is 5.34. The largest absolute Gasteiger partial charge is 0.328 e. The Bertz CT molecular complexity index is 355. The van der Waals surface area contributed by atoms with Gasteiger partial charge in [0.1, 0.15) is 0 Å². The molecule has 1 aromatic carbocycles. The Hall–Kier alpha value is -0.860. The predicted octanol–water partition coefficient (Wildman–Crippen LogP) is 1.75. The molecule has 1 aromatic rings. The van der Waals surface area contributed by atoms with Crippen LogP contribution >= 0.6 is 0 Å². The maximum absolute atomic E-state index is 5.80. The first-order valence-corrected chi connectivity index (χ1v) is 5.92. The maximum Gasteiger partial charge on any atom is 0.0328 e. The second-order valence-electron chi connectivity index (χ2n) is 4.89. The molecule has 15 heavy (non-hydrogen) atoms. The minimum Gasteiger partial charge on any atom is -0.328 e. The number of hydrogen-bond acceptors (Lipinski definition) is 2. The summed E-state index contributed by atoms with van der Waals surface area (Å²) >= 11 is 0. The summed E-state index contributed by atoms with van der Waals surface area (Å²) in [5.74, 6) is 0. The van der Waals surface area contributed by atoms with Crippen molar-refractivity contribution < 1.29 is 0 Å². The Labute approximate surface area is 90.9 Å². The number of nitrogens with one attached hydrogen (secondary N) is 1. The van der Waals surface area contributed by atoms with Gasteiger partial charge in [-0.05, 0) is 36.8 Å². The van der Waals surface area contributed by atoms with E-state index in [4.69, 9.17) is 5.73 Å². The van der Waals surface area contributed by atoms with Crippen molar-refractivity contribution in [1.82, 2.24) is 5.32 Å². The normalized spacial score (nSPS) is 33.5. The van der Waals surface area contributed by atoms with Gasteiger partial charge in [0, 0.05) is 18.1 Å². The van der Waals surface area contributed by atoms with E-state index < -0.39 is 0 Å². The molecule has 0 aromatic heterocycles. The van der Waals surface area contributed by atoms with E-state index in [0.717, 1.165) is 12.8 Å². The number of aryl methyl sites for hydroxylation is 1. The van der Waals surface area contributed by atoms with Gasteiger partial charge in [0.25, 0.3) is 0 Å². The molecule has 0 aliphatic heterocycles. The van der Waals surface area contributed by atoms with Crippen LogP contribution < -0.4 is 11.1 Å². The topological polar surface area (TPSA) is 38.0 Å². The lowest BCUT2D eigenvalue weighted by molar-refractivity contribution is 0.266. The van der Waals surface area contributed by atoms with E-state index in [-0.39, 0.29) is 0 Å². The van der Waals surface area contributed by atoms with Crippen LogP contribution in [0, 0.1) is 0 Å². The Morgan fingerprint density at radius 3 is 2.80 bits per heavy atom. The molecular weight excluding hydrogens is 184 g/mol. The highest BCUT2D eigenvalue weighted by atomic mass is 15.0. The molecule has 0 amide bonds. The van der Waals surface area contributed by atoms with Crippen LogP contribution in [-0.2, 0) is 6.42 Å². The van der Waals surface area contributed by atoms with Crippen LogP contribution in [0.4, 0.5) is 0 Å². The van der Waals surface area contributed by atoms with Crippen molar-refractivity contribution in [2.24, 2.45) is 5.73 Å². The zero-order valence-electron chi connectivity index (χ0n) is 8.95. The summed E-state index contributed by atoms with van der Waals surface area (Å²) in [6.45, 7) is 0. The summed E-state index contributed by atoms with van der Waals surface area (Å²) in [7, 11) is 0. The summed E-state index contributed by atoms with van der Waals surface area (Å²) in [5.41, 5.74) is 8.84. The van der Waals surface area contributed by atoms with E-state index in [9.17, 15) is 0 Å². The van der Waals surface area contributed by atoms with E-state index in [0.29, 0.717) is 18.1 Å². The van der Waals surface area contributed by atoms with Gasteiger partial charge in [0.05, 0.1) is 0 Å². The molecule has 1 unspecified atom stereocenters. The second-order valence-corrected chi connectivity index (χ2v) is 4.89. The van der Waals surface area contributed by atoms with Crippen LogP contribution in [0.15, 0.2) is 24.3 Å². The van der Waals surface area contributed by atoms with E-state index in [1.807, 2.05) is 0 Å². The van der Waals surface area contributed by atoms with Gasteiger partial charge in [-0.3, -0.25) is 0 Å². The summed E-state index contributed by atoms with van der Waals surface area (Å²) in [6.07, 6.45) is 4.79. The van der Waals surface area contributed by atoms with Gasteiger partial charge >= 0.3 is 0 Å². The first kappa shape index (κ1) is 9.37. The molecule has 80 valence electrons. The van der Waals surface area contributed by atoms with E-state index >= 15 is 0 Å². The highest BCUT2D eigenvalue weighted by Gasteiger charge is 2.30. The number of fused-ring (bicyclic) bond motifs is 1. The van der Waals surface area contributed by atoms with Crippen LogP contribution in [0.1, 0.15) is 36.4 Å². The van der Waals surface area contributed by atoms with Gasteiger partial charge in [-0.1, -0.05) is 24.3 Å². The summed E-state index contributed by atoms with van der Waals surface area (Å²) in [6, 6.07) is 10.5. The van der Waals surface area contributed by atoms with Crippen LogP contribution in [-0.4, -0.2) is 12.1 Å². The fraction of sp³-hybridized carbons (Fsp3) is 0.538. The van der Waals surface area contributed by atoms with Gasteiger partial charge in [0.15, 0.2) is 0 Å². The molecule has 3 N–H and O–H groups in total. The Balaban J connectivity index is 1.69. The zero-order chi connectivity index (χ0) is 10.3. The van der Waals surface area contributed by atoms with Gasteiger partial charge in [0.2, 0.25) is 0 Å². The minimum absolute atomic E-state index is 0.444. The Kier molecular flexibility index (Phi) is 2.26. The molecule has 0 radical (unpaired) electrons. The van der Waals surface area contributed by atoms with Gasteiger partial charge < -0.3 is 11.1 Å². The fourth-order valence-electron chi connectivity index (χ4n) is 2.81. The fourth-order valence-corrected chi connectivity index (χ4v) is 2.81. The molecule has 2 aliphatic rings. The third-order valence-electron chi connectivity index (χ3n) is 3.74.